The first-order valence-electron chi connectivity index (χ1n) is 6.25. The number of benzene rings is 1. The molecule has 1 aromatic rings. The molecule has 0 heterocycles. The molecule has 2 rings (SSSR count). The van der Waals surface area contributed by atoms with Crippen molar-refractivity contribution >= 4 is 5.78 Å². The Bertz CT molecular complexity index is 379. The Morgan fingerprint density at radius 3 is 2.81 bits per heavy atom. The van der Waals surface area contributed by atoms with Crippen LogP contribution in [-0.2, 0) is 11.2 Å². The van der Waals surface area contributed by atoms with Gasteiger partial charge >= 0.3 is 0 Å². The van der Waals surface area contributed by atoms with Crippen LogP contribution in [-0.4, -0.2) is 5.78 Å². The Balaban J connectivity index is 2.12. The van der Waals surface area contributed by atoms with Gasteiger partial charge in [0.1, 0.15) is 5.78 Å². The number of carbonyl (C=O) groups excluding carboxylic acids is 1. The second-order valence-electron chi connectivity index (χ2n) is 5.32. The maximum atomic E-state index is 11.3. The molecule has 0 saturated heterocycles. The lowest BCUT2D eigenvalue weighted by molar-refractivity contribution is -0.117. The van der Waals surface area contributed by atoms with Crippen LogP contribution in [0.4, 0.5) is 0 Å². The topological polar surface area (TPSA) is 17.1 Å². The highest BCUT2D eigenvalue weighted by Gasteiger charge is 2.23. The molecular weight excluding hydrogens is 196 g/mol. The summed E-state index contributed by atoms with van der Waals surface area (Å²) in [5, 5.41) is 0. The van der Waals surface area contributed by atoms with Crippen LogP contribution in [0.25, 0.3) is 0 Å². The van der Waals surface area contributed by atoms with Crippen LogP contribution in [0.2, 0.25) is 0 Å². The lowest BCUT2D eigenvalue weighted by Gasteiger charge is -2.11. The summed E-state index contributed by atoms with van der Waals surface area (Å²) in [6, 6.07) is 8.80. The highest BCUT2D eigenvalue weighted by Crippen LogP contribution is 2.32. The molecule has 1 aliphatic carbocycles. The molecular formula is C15H20O. The fourth-order valence-electron chi connectivity index (χ4n) is 2.54. The molecule has 16 heavy (non-hydrogen) atoms. The smallest absolute Gasteiger partial charge is 0.133 e. The van der Waals surface area contributed by atoms with Gasteiger partial charge in [0.05, 0.1) is 0 Å². The molecule has 1 nitrogen and oxygen atoms in total. The van der Waals surface area contributed by atoms with Gasteiger partial charge in [-0.2, -0.15) is 0 Å². The number of hydrogen-bond acceptors (Lipinski definition) is 1. The Hall–Kier alpha value is -1.11. The van der Waals surface area contributed by atoms with Crippen molar-refractivity contribution in [2.45, 2.75) is 45.4 Å². The summed E-state index contributed by atoms with van der Waals surface area (Å²) >= 11 is 0. The molecule has 0 spiro atoms. The molecule has 0 aromatic heterocycles. The van der Waals surface area contributed by atoms with Crippen molar-refractivity contribution in [3.63, 3.8) is 0 Å². The Kier molecular flexibility index (Phi) is 3.42. The van der Waals surface area contributed by atoms with Gasteiger partial charge in [-0.15, -0.1) is 0 Å². The minimum absolute atomic E-state index is 0.430. The molecule has 1 atom stereocenters. The van der Waals surface area contributed by atoms with E-state index in [4.69, 9.17) is 0 Å². The van der Waals surface area contributed by atoms with Crippen molar-refractivity contribution in [3.8, 4) is 0 Å². The zero-order chi connectivity index (χ0) is 11.5. The van der Waals surface area contributed by atoms with Crippen LogP contribution in [0, 0.1) is 5.92 Å². The molecule has 0 amide bonds. The summed E-state index contributed by atoms with van der Waals surface area (Å²) in [4.78, 5) is 11.3. The van der Waals surface area contributed by atoms with E-state index in [1.54, 1.807) is 0 Å². The Morgan fingerprint density at radius 2 is 2.19 bits per heavy atom. The average Bonchev–Trinajstić information content (AvgIpc) is 2.64. The lowest BCUT2D eigenvalue weighted by Crippen LogP contribution is -1.98. The molecule has 0 N–H and O–H groups in total. The second kappa shape index (κ2) is 4.82. The summed E-state index contributed by atoms with van der Waals surface area (Å²) in [5.41, 5.74) is 2.77. The first-order chi connectivity index (χ1) is 7.65. The van der Waals surface area contributed by atoms with Crippen LogP contribution in [0.5, 0.6) is 0 Å². The van der Waals surface area contributed by atoms with Crippen molar-refractivity contribution in [1.82, 2.24) is 0 Å². The van der Waals surface area contributed by atoms with E-state index in [-0.39, 0.29) is 0 Å². The van der Waals surface area contributed by atoms with E-state index >= 15 is 0 Å². The SMILES string of the molecule is CC(C)Cc1cccc(C2CCC(=O)C2)c1. The molecule has 0 radical (unpaired) electrons. The Labute approximate surface area is 97.9 Å². The predicted octanol–water partition coefficient (Wildman–Crippen LogP) is 3.72. The number of ketones is 1. The standard InChI is InChI=1S/C15H20O/c1-11(2)8-12-4-3-5-13(9-12)14-6-7-15(16)10-14/h3-5,9,11,14H,6-8,10H2,1-2H3. The van der Waals surface area contributed by atoms with Crippen LogP contribution in [0.15, 0.2) is 24.3 Å². The van der Waals surface area contributed by atoms with Crippen molar-refractivity contribution in [3.05, 3.63) is 35.4 Å². The molecule has 1 saturated carbocycles. The van der Waals surface area contributed by atoms with Crippen molar-refractivity contribution in [2.75, 3.05) is 0 Å². The second-order valence-corrected chi connectivity index (χ2v) is 5.32. The van der Waals surface area contributed by atoms with Crippen molar-refractivity contribution in [1.29, 1.82) is 0 Å². The van der Waals surface area contributed by atoms with Crippen LogP contribution >= 0.6 is 0 Å². The third-order valence-corrected chi connectivity index (χ3v) is 3.31. The van der Waals surface area contributed by atoms with E-state index in [0.29, 0.717) is 17.6 Å². The van der Waals surface area contributed by atoms with Gasteiger partial charge in [0.25, 0.3) is 0 Å². The fourth-order valence-corrected chi connectivity index (χ4v) is 2.54. The van der Waals surface area contributed by atoms with Gasteiger partial charge in [0.2, 0.25) is 0 Å². The van der Waals surface area contributed by atoms with E-state index < -0.39 is 0 Å². The predicted molar refractivity (Wildman–Crippen MR) is 66.6 cm³/mol. The van der Waals surface area contributed by atoms with E-state index in [9.17, 15) is 4.79 Å². The molecule has 1 aliphatic rings. The van der Waals surface area contributed by atoms with Crippen molar-refractivity contribution < 1.29 is 4.79 Å². The quantitative estimate of drug-likeness (QED) is 0.752. The Morgan fingerprint density at radius 1 is 1.38 bits per heavy atom. The van der Waals surface area contributed by atoms with Gasteiger partial charge in [-0.05, 0) is 35.8 Å². The molecule has 86 valence electrons. The maximum absolute atomic E-state index is 11.3. The van der Waals surface area contributed by atoms with Gasteiger partial charge in [-0.3, -0.25) is 4.79 Å². The molecule has 1 unspecified atom stereocenters. The van der Waals surface area contributed by atoms with E-state index in [2.05, 4.69) is 38.1 Å². The average molecular weight is 216 g/mol. The van der Waals surface area contributed by atoms with Gasteiger partial charge in [0, 0.05) is 12.8 Å². The van der Waals surface area contributed by atoms with Crippen molar-refractivity contribution in [2.24, 2.45) is 5.92 Å². The normalized spacial score (nSPS) is 20.7. The largest absolute Gasteiger partial charge is 0.300 e. The number of carbonyl (C=O) groups is 1. The summed E-state index contributed by atoms with van der Waals surface area (Å²) in [7, 11) is 0. The molecule has 1 heteroatoms. The van der Waals surface area contributed by atoms with Crippen LogP contribution in [0.3, 0.4) is 0 Å². The minimum Gasteiger partial charge on any atom is -0.300 e. The first-order valence-corrected chi connectivity index (χ1v) is 6.25. The van der Waals surface area contributed by atoms with Crippen LogP contribution in [0.1, 0.15) is 50.2 Å². The zero-order valence-corrected chi connectivity index (χ0v) is 10.2. The molecule has 1 aromatic carbocycles. The third-order valence-electron chi connectivity index (χ3n) is 3.31. The zero-order valence-electron chi connectivity index (χ0n) is 10.2. The molecule has 0 aliphatic heterocycles. The van der Waals surface area contributed by atoms with E-state index in [1.807, 2.05) is 0 Å². The van der Waals surface area contributed by atoms with Gasteiger partial charge in [0.15, 0.2) is 0 Å². The highest BCUT2D eigenvalue weighted by molar-refractivity contribution is 5.81. The lowest BCUT2D eigenvalue weighted by atomic mass is 9.93. The van der Waals surface area contributed by atoms with Crippen LogP contribution < -0.4 is 0 Å². The number of rotatable bonds is 3. The fraction of sp³-hybridized carbons (Fsp3) is 0.533. The summed E-state index contributed by atoms with van der Waals surface area (Å²) in [6.45, 7) is 4.48. The van der Waals surface area contributed by atoms with E-state index in [0.717, 1.165) is 25.7 Å². The monoisotopic (exact) mass is 216 g/mol. The van der Waals surface area contributed by atoms with Gasteiger partial charge in [-0.1, -0.05) is 38.1 Å². The molecule has 1 fully saturated rings. The highest BCUT2D eigenvalue weighted by atomic mass is 16.1. The van der Waals surface area contributed by atoms with Gasteiger partial charge < -0.3 is 0 Å². The summed E-state index contributed by atoms with van der Waals surface area (Å²) in [5.74, 6) is 1.61. The number of Topliss-reactive ketones (excluding diaryl/α,β-unsaturated/α-hetero) is 1. The van der Waals surface area contributed by atoms with E-state index in [1.165, 1.54) is 11.1 Å². The molecule has 0 bridgehead atoms. The van der Waals surface area contributed by atoms with Gasteiger partial charge in [-0.25, -0.2) is 0 Å². The maximum Gasteiger partial charge on any atom is 0.133 e. The third kappa shape index (κ3) is 2.72. The number of hydrogen-bond donors (Lipinski definition) is 0. The summed E-state index contributed by atoms with van der Waals surface area (Å²) in [6.07, 6.45) is 3.71. The first kappa shape index (κ1) is 11.4. The summed E-state index contributed by atoms with van der Waals surface area (Å²) < 4.78 is 0. The minimum atomic E-state index is 0.430.